The summed E-state index contributed by atoms with van der Waals surface area (Å²) in [4.78, 5) is 25.1. The average Bonchev–Trinajstić information content (AvgIpc) is 4.07. The number of rotatable bonds is 12. The molecule has 0 aromatic carbocycles. The molecule has 0 aliphatic carbocycles. The highest BCUT2D eigenvalue weighted by atomic mass is 15.1. The van der Waals surface area contributed by atoms with Gasteiger partial charge in [-0.3, -0.25) is 0 Å². The fourth-order valence-corrected chi connectivity index (χ4v) is 7.70. The minimum atomic E-state index is 0.609. The summed E-state index contributed by atoms with van der Waals surface area (Å²) >= 11 is 0. The van der Waals surface area contributed by atoms with Crippen molar-refractivity contribution in [1.29, 1.82) is 0 Å². The molecule has 0 saturated heterocycles. The Morgan fingerprint density at radius 3 is 2.21 bits per heavy atom. The minimum Gasteiger partial charge on any atom is -0.354 e. The Morgan fingerprint density at radius 2 is 1.53 bits per heavy atom. The van der Waals surface area contributed by atoms with Gasteiger partial charge in [0.25, 0.3) is 0 Å². The van der Waals surface area contributed by atoms with Gasteiger partial charge in [-0.1, -0.05) is 63.1 Å². The molecule has 0 saturated carbocycles. The molecule has 57 heavy (non-hydrogen) atoms. The first-order chi connectivity index (χ1) is 27.8. The fourth-order valence-electron chi connectivity index (χ4n) is 7.70. The Hall–Kier alpha value is -6.63. The lowest BCUT2D eigenvalue weighted by molar-refractivity contribution is 0.511. The van der Waals surface area contributed by atoms with Gasteiger partial charge in [0.05, 0.1) is 39.3 Å². The predicted molar refractivity (Wildman–Crippen MR) is 236 cm³/mol. The van der Waals surface area contributed by atoms with E-state index in [1.807, 2.05) is 30.9 Å². The third-order valence-electron chi connectivity index (χ3n) is 10.6. The molecule has 0 atom stereocenters. The van der Waals surface area contributed by atoms with Crippen LogP contribution in [0.15, 0.2) is 169 Å². The van der Waals surface area contributed by atoms with Gasteiger partial charge in [-0.05, 0) is 105 Å². The standard InChI is InChI=1S/C49H52N8/c1-9-17-33(6)35(8)44-34(7)20-21-36(18-10-2)45(43-19-15-14-16-30-55(43)11-3)38-23-25-40(53-38)47(49-51-29-32-57(49)13-5)42-27-26-41(54-42)46(39-24-22-37(44)52-39)48-50-28-31-56(48)12-4/h10,15-16,20-32,52-53H,2,6-9,11-14,17-18H2,1,3-5H3/b21-20-,44-37+,45-36-,46-39+,47-42?. The molecule has 0 unspecified atom stereocenters. The van der Waals surface area contributed by atoms with E-state index >= 15 is 0 Å². The van der Waals surface area contributed by atoms with Crippen LogP contribution in [-0.4, -0.2) is 46.2 Å². The van der Waals surface area contributed by atoms with Crippen molar-refractivity contribution in [2.45, 2.75) is 66.5 Å². The molecule has 0 radical (unpaired) electrons. The van der Waals surface area contributed by atoms with Crippen molar-refractivity contribution in [2.75, 3.05) is 6.54 Å². The van der Waals surface area contributed by atoms with Gasteiger partial charge in [0, 0.05) is 72.8 Å². The van der Waals surface area contributed by atoms with Crippen molar-refractivity contribution >= 4 is 28.0 Å². The van der Waals surface area contributed by atoms with Gasteiger partial charge in [-0.2, -0.15) is 0 Å². The third kappa shape index (κ3) is 7.52. The van der Waals surface area contributed by atoms with Gasteiger partial charge in [0.15, 0.2) is 0 Å². The Bertz CT molecular complexity index is 2650. The topological polar surface area (TPSA) is 82.8 Å². The molecule has 8 heteroatoms. The van der Waals surface area contributed by atoms with Gasteiger partial charge < -0.3 is 24.0 Å². The number of hydrogen-bond acceptors (Lipinski definition) is 4. The van der Waals surface area contributed by atoms with Crippen LogP contribution in [-0.2, 0) is 13.1 Å². The molecular weight excluding hydrogens is 701 g/mol. The molecule has 7 rings (SSSR count). The molecule has 3 aliphatic rings. The molecule has 0 spiro atoms. The van der Waals surface area contributed by atoms with Gasteiger partial charge in [-0.25, -0.2) is 15.0 Å². The second-order valence-electron chi connectivity index (χ2n) is 14.2. The largest absolute Gasteiger partial charge is 0.354 e. The molecule has 7 heterocycles. The van der Waals surface area contributed by atoms with Crippen molar-refractivity contribution < 1.29 is 0 Å². The lowest BCUT2D eigenvalue weighted by atomic mass is 9.91. The van der Waals surface area contributed by atoms with Crippen LogP contribution < -0.4 is 10.7 Å². The average molecular weight is 753 g/mol. The predicted octanol–water partition coefficient (Wildman–Crippen LogP) is 9.24. The van der Waals surface area contributed by atoms with E-state index < -0.39 is 0 Å². The smallest absolute Gasteiger partial charge is 0.144 e. The van der Waals surface area contributed by atoms with E-state index in [1.54, 1.807) is 0 Å². The molecular formula is C49H52N8. The number of aliphatic imine (C=N–C) groups is 1. The zero-order valence-electron chi connectivity index (χ0n) is 33.7. The monoisotopic (exact) mass is 752 g/mol. The number of nitrogens with zero attached hydrogens (tertiary/aromatic N) is 6. The maximum atomic E-state index is 5.41. The number of likely N-dealkylation sites (N-methyl/N-ethyl adjacent to an activating group) is 1. The summed E-state index contributed by atoms with van der Waals surface area (Å²) in [5.74, 6) is 1.65. The lowest BCUT2D eigenvalue weighted by Crippen LogP contribution is -2.21. The third-order valence-corrected chi connectivity index (χ3v) is 10.6. The Balaban J connectivity index is 1.62. The summed E-state index contributed by atoms with van der Waals surface area (Å²) in [6, 6.07) is 8.50. The Kier molecular flexibility index (Phi) is 11.5. The summed E-state index contributed by atoms with van der Waals surface area (Å²) in [6.45, 7) is 28.8. The summed E-state index contributed by atoms with van der Waals surface area (Å²) in [5.41, 5.74) is 15.5. The van der Waals surface area contributed by atoms with Crippen LogP contribution in [0.4, 0.5) is 0 Å². The number of H-pyrrole nitrogens is 2. The van der Waals surface area contributed by atoms with Crippen molar-refractivity contribution in [1.82, 2.24) is 34.0 Å². The summed E-state index contributed by atoms with van der Waals surface area (Å²) in [6.07, 6.45) is 27.7. The van der Waals surface area contributed by atoms with Gasteiger partial charge in [0.2, 0.25) is 0 Å². The Labute approximate surface area is 336 Å². The van der Waals surface area contributed by atoms with Crippen LogP contribution in [0.25, 0.3) is 22.3 Å². The van der Waals surface area contributed by atoms with Crippen molar-refractivity contribution in [3.63, 3.8) is 0 Å². The minimum absolute atomic E-state index is 0.609. The molecule has 3 aliphatic heterocycles. The number of aryl methyl sites for hydroxylation is 2. The quantitative estimate of drug-likeness (QED) is 0.0861. The van der Waals surface area contributed by atoms with Crippen LogP contribution in [0.3, 0.4) is 0 Å². The highest BCUT2D eigenvalue weighted by Gasteiger charge is 2.26. The second-order valence-corrected chi connectivity index (χ2v) is 14.2. The number of aromatic nitrogens is 6. The summed E-state index contributed by atoms with van der Waals surface area (Å²) in [5, 5.41) is 1.78. The maximum Gasteiger partial charge on any atom is 0.144 e. The van der Waals surface area contributed by atoms with Gasteiger partial charge in [0.1, 0.15) is 11.6 Å². The number of hydrogen-bond donors (Lipinski definition) is 2. The van der Waals surface area contributed by atoms with E-state index in [2.05, 4.69) is 151 Å². The zero-order chi connectivity index (χ0) is 40.1. The number of nitrogens with one attached hydrogen (secondary N) is 2. The van der Waals surface area contributed by atoms with E-state index in [0.717, 1.165) is 134 Å². The van der Waals surface area contributed by atoms with Crippen LogP contribution in [0.2, 0.25) is 0 Å². The van der Waals surface area contributed by atoms with Crippen LogP contribution in [0, 0.1) is 0 Å². The first-order valence-electron chi connectivity index (χ1n) is 20.0. The number of fused-ring (bicyclic) bond motifs is 5. The van der Waals surface area contributed by atoms with Crippen LogP contribution >= 0.6 is 0 Å². The fraction of sp³-hybridized carbons (Fsp3) is 0.224. The van der Waals surface area contributed by atoms with Crippen LogP contribution in [0.5, 0.6) is 0 Å². The first-order valence-corrected chi connectivity index (χ1v) is 20.0. The molecule has 0 amide bonds. The van der Waals surface area contributed by atoms with E-state index in [1.165, 1.54) is 0 Å². The number of allylic oxidation sites excluding steroid dienone is 11. The van der Waals surface area contributed by atoms with E-state index in [9.17, 15) is 0 Å². The highest BCUT2D eigenvalue weighted by Crippen LogP contribution is 2.37. The molecule has 288 valence electrons. The maximum absolute atomic E-state index is 5.41. The summed E-state index contributed by atoms with van der Waals surface area (Å²) in [7, 11) is 0. The van der Waals surface area contributed by atoms with Crippen molar-refractivity contribution in [3.8, 4) is 0 Å². The lowest BCUT2D eigenvalue weighted by Gasteiger charge is -2.24. The SMILES string of the molecule is C=CCC1=C(/C2=C=CCC=CN2CC)c2ccc([nH]2)C(c2nccn2CC)=C2C=CC(=N2)/C(c2nccn2CC)=c2/cc/c([nH]2)=C(\C(=C)C(=C)CCC)C(=C)/C=C\1. The van der Waals surface area contributed by atoms with E-state index in [0.29, 0.717) is 6.42 Å². The highest BCUT2D eigenvalue weighted by molar-refractivity contribution is 6.29. The molecule has 2 N–H and O–H groups in total. The number of aromatic amines is 2. The summed E-state index contributed by atoms with van der Waals surface area (Å²) < 4.78 is 4.30. The normalized spacial score (nSPS) is 19.4. The Morgan fingerprint density at radius 1 is 0.825 bits per heavy atom. The van der Waals surface area contributed by atoms with Crippen molar-refractivity contribution in [3.05, 3.63) is 197 Å². The second kappa shape index (κ2) is 17.0. The first kappa shape index (κ1) is 38.6. The number of imidazole rings is 2. The molecule has 4 aromatic heterocycles. The zero-order valence-corrected chi connectivity index (χ0v) is 33.7. The van der Waals surface area contributed by atoms with Gasteiger partial charge in [-0.15, -0.1) is 6.58 Å². The van der Waals surface area contributed by atoms with E-state index in [4.69, 9.17) is 15.0 Å². The molecule has 8 nitrogen and oxygen atoms in total. The molecule has 0 fully saturated rings. The van der Waals surface area contributed by atoms with Gasteiger partial charge >= 0.3 is 0 Å². The molecule has 6 bridgehead atoms. The van der Waals surface area contributed by atoms with Crippen molar-refractivity contribution in [2.24, 2.45) is 4.99 Å². The van der Waals surface area contributed by atoms with Crippen LogP contribution in [0.1, 0.15) is 76.4 Å². The van der Waals surface area contributed by atoms with E-state index in [-0.39, 0.29) is 0 Å². The molecule has 4 aromatic rings.